The number of carboxylic acid groups (broad SMARTS) is 2. The van der Waals surface area contributed by atoms with Gasteiger partial charge in [0.25, 0.3) is 5.82 Å². The third-order valence-corrected chi connectivity index (χ3v) is 2.41. The number of carboxylic acids is 2. The Hall–Kier alpha value is -2.83. The van der Waals surface area contributed by atoms with Crippen LogP contribution in [0.15, 0.2) is 30.6 Å². The van der Waals surface area contributed by atoms with Crippen LogP contribution in [-0.2, 0) is 0 Å². The molecule has 0 spiro atoms. The number of nitrogens with zero attached hydrogens (tertiary/aromatic N) is 1. The molecule has 3 N–H and O–H groups in total. The number of rotatable bonds is 3. The van der Waals surface area contributed by atoms with E-state index in [0.717, 1.165) is 6.20 Å². The van der Waals surface area contributed by atoms with Crippen LogP contribution in [0.5, 0.6) is 0 Å². The van der Waals surface area contributed by atoms with Gasteiger partial charge < -0.3 is 15.4 Å². The van der Waals surface area contributed by atoms with E-state index >= 15 is 0 Å². The lowest BCUT2D eigenvalue weighted by molar-refractivity contribution is -0.592. The van der Waals surface area contributed by atoms with Gasteiger partial charge in [-0.15, -0.1) is 0 Å². The molecule has 7 nitrogen and oxygen atoms in total. The number of nitrogens with one attached hydrogen (secondary N) is 1. The molecule has 0 saturated heterocycles. The fourth-order valence-electron chi connectivity index (χ4n) is 1.68. The lowest BCUT2D eigenvalue weighted by atomic mass is 10.0. The Morgan fingerprint density at radius 2 is 1.94 bits per heavy atom. The van der Waals surface area contributed by atoms with E-state index in [2.05, 4.69) is 4.98 Å². The van der Waals surface area contributed by atoms with Crippen molar-refractivity contribution in [3.63, 3.8) is 0 Å². The quantitative estimate of drug-likeness (QED) is 0.546. The van der Waals surface area contributed by atoms with Gasteiger partial charge in [0.05, 0.1) is 16.7 Å². The molecule has 1 aromatic carbocycles. The van der Waals surface area contributed by atoms with Crippen molar-refractivity contribution in [3.8, 4) is 11.4 Å². The molecule has 7 heteroatoms. The summed E-state index contributed by atoms with van der Waals surface area (Å²) >= 11 is 0. The number of aromatic amines is 1. The summed E-state index contributed by atoms with van der Waals surface area (Å²) in [5.74, 6) is -2.79. The van der Waals surface area contributed by atoms with Crippen molar-refractivity contribution >= 4 is 11.9 Å². The molecule has 0 unspecified atom stereocenters. The minimum absolute atomic E-state index is 0.0181. The van der Waals surface area contributed by atoms with Crippen LogP contribution < -0.4 is 4.73 Å². The number of aromatic carboxylic acids is 2. The average molecular weight is 248 g/mol. The first-order chi connectivity index (χ1) is 8.52. The molecule has 0 fully saturated rings. The van der Waals surface area contributed by atoms with Crippen LogP contribution >= 0.6 is 0 Å². The number of hydrogen-bond donors (Lipinski definition) is 3. The summed E-state index contributed by atoms with van der Waals surface area (Å²) in [5.41, 5.74) is -0.756. The summed E-state index contributed by atoms with van der Waals surface area (Å²) in [4.78, 5) is 24.7. The first-order valence-electron chi connectivity index (χ1n) is 4.89. The summed E-state index contributed by atoms with van der Waals surface area (Å²) in [6.07, 6.45) is 2.50. The lowest BCUT2D eigenvalue weighted by Gasteiger charge is -2.07. The Morgan fingerprint density at radius 3 is 2.44 bits per heavy atom. The summed E-state index contributed by atoms with van der Waals surface area (Å²) in [7, 11) is 0. The molecule has 0 aliphatic rings. The molecular formula is C11H8N2O5. The van der Waals surface area contributed by atoms with Crippen LogP contribution in [0.4, 0.5) is 0 Å². The number of H-pyrrole nitrogens is 1. The molecule has 92 valence electrons. The van der Waals surface area contributed by atoms with Crippen LogP contribution in [0.1, 0.15) is 20.7 Å². The van der Waals surface area contributed by atoms with E-state index in [9.17, 15) is 14.8 Å². The Kier molecular flexibility index (Phi) is 2.72. The van der Waals surface area contributed by atoms with Crippen molar-refractivity contribution in [1.29, 1.82) is 0 Å². The summed E-state index contributed by atoms with van der Waals surface area (Å²) in [5, 5.41) is 29.5. The molecule has 0 amide bonds. The number of benzene rings is 1. The second-order valence-corrected chi connectivity index (χ2v) is 3.47. The first kappa shape index (κ1) is 11.6. The number of aromatic nitrogens is 2. The third kappa shape index (κ3) is 1.77. The maximum atomic E-state index is 11.4. The maximum absolute atomic E-state index is 11.4. The molecule has 2 aromatic rings. The van der Waals surface area contributed by atoms with Gasteiger partial charge in [0.1, 0.15) is 12.4 Å². The molecular weight excluding hydrogens is 240 g/mol. The van der Waals surface area contributed by atoms with Crippen LogP contribution in [0.2, 0.25) is 0 Å². The van der Waals surface area contributed by atoms with Gasteiger partial charge in [-0.1, -0.05) is 6.07 Å². The zero-order valence-corrected chi connectivity index (χ0v) is 8.95. The van der Waals surface area contributed by atoms with E-state index in [4.69, 9.17) is 10.2 Å². The predicted molar refractivity (Wildman–Crippen MR) is 59.1 cm³/mol. The SMILES string of the molecule is O=C(O)c1cccc(-c2[nH]cc[n+]2[O-])c1C(=O)O. The van der Waals surface area contributed by atoms with Crippen molar-refractivity contribution in [2.75, 3.05) is 0 Å². The van der Waals surface area contributed by atoms with Gasteiger partial charge in [0.15, 0.2) is 0 Å². The molecule has 18 heavy (non-hydrogen) atoms. The Morgan fingerprint density at radius 1 is 1.22 bits per heavy atom. The van der Waals surface area contributed by atoms with Crippen molar-refractivity contribution in [3.05, 3.63) is 46.9 Å². The Bertz CT molecular complexity index is 632. The zero-order valence-electron chi connectivity index (χ0n) is 8.95. The topological polar surface area (TPSA) is 117 Å². The maximum Gasteiger partial charge on any atom is 0.337 e. The van der Waals surface area contributed by atoms with Gasteiger partial charge in [-0.05, 0) is 12.1 Å². The van der Waals surface area contributed by atoms with Crippen molar-refractivity contribution in [2.24, 2.45) is 0 Å². The summed E-state index contributed by atoms with van der Waals surface area (Å²) in [6.45, 7) is 0. The van der Waals surface area contributed by atoms with Crippen molar-refractivity contribution < 1.29 is 24.5 Å². The molecule has 0 saturated carbocycles. The summed E-state index contributed by atoms with van der Waals surface area (Å²) < 4.78 is 0.438. The molecule has 0 aliphatic heterocycles. The lowest BCUT2D eigenvalue weighted by Crippen LogP contribution is -2.26. The molecule has 0 aliphatic carbocycles. The van der Waals surface area contributed by atoms with E-state index in [-0.39, 0.29) is 17.0 Å². The number of carbonyl (C=O) groups is 2. The monoisotopic (exact) mass is 248 g/mol. The van der Waals surface area contributed by atoms with E-state index < -0.39 is 17.5 Å². The average Bonchev–Trinajstić information content (AvgIpc) is 2.74. The molecule has 0 bridgehead atoms. The fourth-order valence-corrected chi connectivity index (χ4v) is 1.68. The van der Waals surface area contributed by atoms with Gasteiger partial charge in [0, 0.05) is 0 Å². The molecule has 0 atom stereocenters. The molecule has 2 rings (SSSR count). The normalized spacial score (nSPS) is 10.2. The van der Waals surface area contributed by atoms with E-state index in [0.29, 0.717) is 4.73 Å². The number of imidazole rings is 1. The van der Waals surface area contributed by atoms with Gasteiger partial charge in [-0.3, -0.25) is 0 Å². The van der Waals surface area contributed by atoms with Gasteiger partial charge in [-0.2, -0.15) is 0 Å². The zero-order chi connectivity index (χ0) is 13.3. The van der Waals surface area contributed by atoms with Gasteiger partial charge >= 0.3 is 11.9 Å². The smallest absolute Gasteiger partial charge is 0.337 e. The fraction of sp³-hybridized carbons (Fsp3) is 0. The largest absolute Gasteiger partial charge is 0.710 e. The highest BCUT2D eigenvalue weighted by molar-refractivity contribution is 6.05. The minimum atomic E-state index is -1.40. The van der Waals surface area contributed by atoms with Crippen LogP contribution in [-0.4, -0.2) is 27.1 Å². The van der Waals surface area contributed by atoms with Crippen LogP contribution in [0, 0.1) is 5.21 Å². The second kappa shape index (κ2) is 4.21. The van der Waals surface area contributed by atoms with Crippen molar-refractivity contribution in [1.82, 2.24) is 4.98 Å². The van der Waals surface area contributed by atoms with E-state index in [1.54, 1.807) is 0 Å². The molecule has 0 radical (unpaired) electrons. The van der Waals surface area contributed by atoms with E-state index in [1.165, 1.54) is 24.4 Å². The first-order valence-corrected chi connectivity index (χ1v) is 4.89. The molecule has 1 heterocycles. The summed E-state index contributed by atoms with van der Waals surface area (Å²) in [6, 6.07) is 3.93. The standard InChI is InChI=1S/C11H8N2O5/c14-10(15)7-3-1-2-6(8(7)11(16)17)9-12-4-5-13(9)18/h1-5,12H,(H,14,15)(H,16,17). The number of hydrogen-bond acceptors (Lipinski definition) is 3. The predicted octanol–water partition coefficient (Wildman–Crippen LogP) is 0.711. The highest BCUT2D eigenvalue weighted by Gasteiger charge is 2.24. The van der Waals surface area contributed by atoms with Crippen LogP contribution in [0.25, 0.3) is 11.4 Å². The Balaban J connectivity index is 2.76. The van der Waals surface area contributed by atoms with Crippen molar-refractivity contribution in [2.45, 2.75) is 0 Å². The third-order valence-electron chi connectivity index (χ3n) is 2.41. The van der Waals surface area contributed by atoms with Crippen LogP contribution in [0.3, 0.4) is 0 Å². The Labute approximate surface area is 101 Å². The highest BCUT2D eigenvalue weighted by Crippen LogP contribution is 2.23. The second-order valence-electron chi connectivity index (χ2n) is 3.47. The molecule has 1 aromatic heterocycles. The highest BCUT2D eigenvalue weighted by atomic mass is 16.5. The van der Waals surface area contributed by atoms with Gasteiger partial charge in [0.2, 0.25) is 0 Å². The van der Waals surface area contributed by atoms with Gasteiger partial charge in [-0.25, -0.2) is 19.3 Å². The minimum Gasteiger partial charge on any atom is -0.710 e. The van der Waals surface area contributed by atoms with E-state index in [1.807, 2.05) is 0 Å².